The molecule has 0 saturated carbocycles. The maximum absolute atomic E-state index is 14.9. The van der Waals surface area contributed by atoms with Crippen molar-refractivity contribution < 1.29 is 12.8 Å². The Labute approximate surface area is 210 Å². The molecular weight excluding hydrogens is 479 g/mol. The number of para-hydroxylation sites is 2. The van der Waals surface area contributed by atoms with Crippen LogP contribution in [0.1, 0.15) is 30.5 Å². The predicted octanol–water partition coefficient (Wildman–Crippen LogP) is 5.06. The van der Waals surface area contributed by atoms with E-state index < -0.39 is 10.0 Å². The summed E-state index contributed by atoms with van der Waals surface area (Å²) in [5.74, 6) is 0.593. The Morgan fingerprint density at radius 1 is 1.03 bits per heavy atom. The van der Waals surface area contributed by atoms with Crippen LogP contribution in [0.15, 0.2) is 48.5 Å². The molecule has 188 valence electrons. The van der Waals surface area contributed by atoms with Crippen molar-refractivity contribution in [3.63, 3.8) is 0 Å². The van der Waals surface area contributed by atoms with E-state index in [4.69, 9.17) is 0 Å². The zero-order chi connectivity index (χ0) is 25.3. The van der Waals surface area contributed by atoms with E-state index in [0.717, 1.165) is 43.4 Å². The highest BCUT2D eigenvalue weighted by atomic mass is 32.2. The van der Waals surface area contributed by atoms with Gasteiger partial charge in [-0.2, -0.15) is 4.98 Å². The lowest BCUT2D eigenvalue weighted by Gasteiger charge is -2.29. The smallest absolute Gasteiger partial charge is 0.232 e. The van der Waals surface area contributed by atoms with Gasteiger partial charge < -0.3 is 15.5 Å². The number of piperidine rings is 1. The van der Waals surface area contributed by atoms with E-state index in [1.807, 2.05) is 24.3 Å². The van der Waals surface area contributed by atoms with Crippen LogP contribution in [0.2, 0.25) is 0 Å². The molecule has 0 amide bonds. The average Bonchev–Trinajstić information content (AvgIpc) is 3.33. The molecule has 36 heavy (non-hydrogen) atoms. The van der Waals surface area contributed by atoms with Crippen molar-refractivity contribution in [3.8, 4) is 0 Å². The van der Waals surface area contributed by atoms with Crippen molar-refractivity contribution in [2.45, 2.75) is 25.7 Å². The lowest BCUT2D eigenvalue weighted by molar-refractivity contribution is 0.557. The fourth-order valence-electron chi connectivity index (χ4n) is 4.55. The molecule has 3 aromatic rings. The molecule has 0 unspecified atom stereocenters. The Kier molecular flexibility index (Phi) is 6.53. The van der Waals surface area contributed by atoms with Crippen molar-refractivity contribution >= 4 is 50.6 Å². The monoisotopic (exact) mass is 508 g/mol. The van der Waals surface area contributed by atoms with Crippen molar-refractivity contribution in [3.05, 3.63) is 65.6 Å². The summed E-state index contributed by atoms with van der Waals surface area (Å²) >= 11 is 0. The predicted molar refractivity (Wildman–Crippen MR) is 143 cm³/mol. The molecule has 1 aliphatic carbocycles. The third-order valence-corrected chi connectivity index (χ3v) is 7.71. The van der Waals surface area contributed by atoms with Crippen LogP contribution in [-0.4, -0.2) is 44.8 Å². The Hall–Kier alpha value is -3.66. The summed E-state index contributed by atoms with van der Waals surface area (Å²) in [6.07, 6.45) is 9.09. The van der Waals surface area contributed by atoms with Crippen LogP contribution in [0.4, 0.5) is 38.9 Å². The van der Waals surface area contributed by atoms with E-state index >= 15 is 0 Å². The Morgan fingerprint density at radius 2 is 1.81 bits per heavy atom. The van der Waals surface area contributed by atoms with E-state index in [9.17, 15) is 12.8 Å². The van der Waals surface area contributed by atoms with Crippen molar-refractivity contribution in [1.82, 2.24) is 9.97 Å². The second-order valence-electron chi connectivity index (χ2n) is 9.07. The number of rotatable bonds is 7. The minimum atomic E-state index is -3.45. The highest BCUT2D eigenvalue weighted by molar-refractivity contribution is 7.92. The van der Waals surface area contributed by atoms with Gasteiger partial charge in [0.15, 0.2) is 0 Å². The maximum atomic E-state index is 14.9. The van der Waals surface area contributed by atoms with Gasteiger partial charge >= 0.3 is 0 Å². The molecule has 1 aromatic heterocycles. The fourth-order valence-corrected chi connectivity index (χ4v) is 5.07. The lowest BCUT2D eigenvalue weighted by atomic mass is 10.1. The first-order valence-electron chi connectivity index (χ1n) is 12.0. The van der Waals surface area contributed by atoms with E-state index in [-0.39, 0.29) is 5.82 Å². The normalized spacial score (nSPS) is 15.0. The molecule has 0 bridgehead atoms. The number of nitrogens with zero attached hydrogens (tertiary/aromatic N) is 4. The molecule has 0 radical (unpaired) electrons. The molecule has 0 atom stereocenters. The number of aromatic nitrogens is 2. The molecule has 5 rings (SSSR count). The van der Waals surface area contributed by atoms with E-state index in [1.54, 1.807) is 24.3 Å². The molecule has 1 aliphatic heterocycles. The lowest BCUT2D eigenvalue weighted by Crippen LogP contribution is -2.30. The highest BCUT2D eigenvalue weighted by Crippen LogP contribution is 2.34. The molecule has 2 aliphatic rings. The summed E-state index contributed by atoms with van der Waals surface area (Å²) in [4.78, 5) is 11.4. The number of halogens is 1. The highest BCUT2D eigenvalue weighted by Gasteiger charge is 2.20. The minimum absolute atomic E-state index is 0.277. The van der Waals surface area contributed by atoms with Gasteiger partial charge in [-0.1, -0.05) is 24.3 Å². The van der Waals surface area contributed by atoms with Gasteiger partial charge in [0.1, 0.15) is 11.6 Å². The average molecular weight is 509 g/mol. The van der Waals surface area contributed by atoms with Crippen LogP contribution in [0.3, 0.4) is 0 Å². The quantitative estimate of drug-likeness (QED) is 0.461. The van der Waals surface area contributed by atoms with E-state index in [2.05, 4.69) is 25.5 Å². The van der Waals surface area contributed by atoms with Crippen molar-refractivity contribution in [1.29, 1.82) is 0 Å². The van der Waals surface area contributed by atoms with Crippen LogP contribution in [0.5, 0.6) is 0 Å². The number of sulfonamides is 1. The number of nitrogens with one attached hydrogen (secondary N) is 2. The minimum Gasteiger partial charge on any atom is -0.369 e. The second kappa shape index (κ2) is 9.77. The van der Waals surface area contributed by atoms with Gasteiger partial charge in [0.05, 0.1) is 29.0 Å². The Balaban J connectivity index is 1.43. The summed E-state index contributed by atoms with van der Waals surface area (Å²) in [7, 11) is -1.94. The zero-order valence-corrected chi connectivity index (χ0v) is 21.1. The SMILES string of the molecule is CN(c1ccccc1Nc1nc(Nc2ccc(N3CCCCC3)c(F)c2)nc2c1C=CC2)S(C)(=O)=O. The molecular formula is C26H29FN6O2S. The van der Waals surface area contributed by atoms with Crippen molar-refractivity contribution in [2.24, 2.45) is 0 Å². The fraction of sp³-hybridized carbons (Fsp3) is 0.308. The van der Waals surface area contributed by atoms with Crippen LogP contribution < -0.4 is 19.8 Å². The van der Waals surface area contributed by atoms with Gasteiger partial charge in [0.2, 0.25) is 16.0 Å². The maximum Gasteiger partial charge on any atom is 0.232 e. The molecule has 8 nitrogen and oxygen atoms in total. The first kappa shape index (κ1) is 24.1. The topological polar surface area (TPSA) is 90.5 Å². The molecule has 1 fully saturated rings. The number of fused-ring (bicyclic) bond motifs is 1. The van der Waals surface area contributed by atoms with Crippen LogP contribution >= 0.6 is 0 Å². The first-order valence-corrected chi connectivity index (χ1v) is 13.8. The largest absolute Gasteiger partial charge is 0.369 e. The molecule has 0 spiro atoms. The first-order chi connectivity index (χ1) is 17.3. The standard InChI is InChI=1S/C26H29FN6O2S/c1-32(36(2,34)35)24-12-5-4-10-22(24)29-25-19-9-8-11-21(19)30-26(31-25)28-18-13-14-23(20(27)17-18)33-15-6-3-7-16-33/h4-5,8-10,12-14,17H,3,6-7,11,15-16H2,1-2H3,(H2,28,29,30,31). The van der Waals surface area contributed by atoms with Gasteiger partial charge in [0, 0.05) is 37.8 Å². The number of hydrogen-bond donors (Lipinski definition) is 2. The van der Waals surface area contributed by atoms with Gasteiger partial charge in [-0.3, -0.25) is 4.31 Å². The number of allylic oxidation sites excluding steroid dienone is 1. The van der Waals surface area contributed by atoms with Gasteiger partial charge in [0.25, 0.3) is 0 Å². The van der Waals surface area contributed by atoms with Crippen LogP contribution in [0.25, 0.3) is 6.08 Å². The summed E-state index contributed by atoms with van der Waals surface area (Å²) in [5, 5.41) is 6.42. The van der Waals surface area contributed by atoms with E-state index in [1.165, 1.54) is 23.8 Å². The van der Waals surface area contributed by atoms with Gasteiger partial charge in [-0.15, -0.1) is 0 Å². The van der Waals surface area contributed by atoms with Crippen LogP contribution in [0, 0.1) is 5.82 Å². The van der Waals surface area contributed by atoms with Crippen LogP contribution in [-0.2, 0) is 16.4 Å². The third kappa shape index (κ3) is 4.99. The Morgan fingerprint density at radius 3 is 2.56 bits per heavy atom. The number of benzene rings is 2. The van der Waals surface area contributed by atoms with Crippen molar-refractivity contribution in [2.75, 3.05) is 46.2 Å². The summed E-state index contributed by atoms with van der Waals surface area (Å²) in [5.41, 5.74) is 3.93. The molecule has 2 heterocycles. The zero-order valence-electron chi connectivity index (χ0n) is 20.3. The molecule has 1 saturated heterocycles. The van der Waals surface area contributed by atoms with E-state index in [0.29, 0.717) is 40.9 Å². The number of hydrogen-bond acceptors (Lipinski definition) is 7. The summed E-state index contributed by atoms with van der Waals surface area (Å²) in [6, 6.07) is 12.2. The van der Waals surface area contributed by atoms with Gasteiger partial charge in [-0.05, 0) is 49.6 Å². The Bertz CT molecular complexity index is 1420. The summed E-state index contributed by atoms with van der Waals surface area (Å²) < 4.78 is 40.5. The third-order valence-electron chi connectivity index (χ3n) is 6.51. The summed E-state index contributed by atoms with van der Waals surface area (Å²) in [6.45, 7) is 1.74. The molecule has 10 heteroatoms. The number of anilines is 6. The molecule has 2 aromatic carbocycles. The van der Waals surface area contributed by atoms with Gasteiger partial charge in [-0.25, -0.2) is 17.8 Å². The second-order valence-corrected chi connectivity index (χ2v) is 11.1. The molecule has 2 N–H and O–H groups in total.